The molecular formula is C49H76N2O7. The largest absolute Gasteiger partial charge is 0.480 e. The lowest BCUT2D eigenvalue weighted by atomic mass is 10.1. The van der Waals surface area contributed by atoms with Crippen LogP contribution in [0.3, 0.4) is 0 Å². The summed E-state index contributed by atoms with van der Waals surface area (Å²) in [5.41, 5.74) is 0. The molecule has 0 spiro atoms. The van der Waals surface area contributed by atoms with Crippen LogP contribution >= 0.6 is 0 Å². The molecule has 58 heavy (non-hydrogen) atoms. The minimum Gasteiger partial charge on any atom is -0.480 e. The molecule has 0 aromatic carbocycles. The number of carbonyl (C=O) groups is 4. The number of aliphatic hydroxyl groups excluding tert-OH is 1. The standard InChI is InChI=1S/C49H76N2O7/c1-3-5-7-9-11-13-15-17-19-20-21-22-23-25-27-29-31-33-35-41-48(55)58-44(38-34-32-30-28-26-24-18-16-14-12-10-8-6-4-2)39-36-37-40-46(53)50-42-47(54)51-45(43-52)49(56)57/h5-8,11-14,17-19,21-22,24,28,30,34,38,44-45,52H,3-4,9-10,15-16,20,23,25-27,29,31-33,35-37,39-43H2,1-2H3,(H,50,53)(H,51,54)(H,56,57)/b7-5-,8-6-,13-11-,14-12-,19-17-,22-21-,24-18-,30-28-,38-34-. The van der Waals surface area contributed by atoms with Gasteiger partial charge in [-0.2, -0.15) is 0 Å². The molecule has 0 radical (unpaired) electrons. The van der Waals surface area contributed by atoms with Gasteiger partial charge in [0.1, 0.15) is 12.1 Å². The van der Waals surface area contributed by atoms with E-state index in [1.807, 2.05) is 12.2 Å². The Morgan fingerprint density at radius 3 is 1.48 bits per heavy atom. The van der Waals surface area contributed by atoms with Crippen molar-refractivity contribution in [2.24, 2.45) is 0 Å². The Morgan fingerprint density at radius 2 is 0.983 bits per heavy atom. The maximum absolute atomic E-state index is 12.8. The van der Waals surface area contributed by atoms with Crippen molar-refractivity contribution in [2.45, 2.75) is 161 Å². The summed E-state index contributed by atoms with van der Waals surface area (Å²) in [5, 5.41) is 22.6. The van der Waals surface area contributed by atoms with Crippen molar-refractivity contribution in [3.63, 3.8) is 0 Å². The van der Waals surface area contributed by atoms with Crippen molar-refractivity contribution < 1.29 is 34.1 Å². The molecule has 2 unspecified atom stereocenters. The van der Waals surface area contributed by atoms with Crippen molar-refractivity contribution in [1.82, 2.24) is 10.6 Å². The highest BCUT2D eigenvalue weighted by molar-refractivity contribution is 5.87. The van der Waals surface area contributed by atoms with Crippen LogP contribution in [-0.2, 0) is 23.9 Å². The number of aliphatic hydroxyl groups is 1. The molecule has 324 valence electrons. The van der Waals surface area contributed by atoms with Crippen molar-refractivity contribution in [3.05, 3.63) is 109 Å². The molecule has 0 saturated heterocycles. The number of carboxylic acid groups (broad SMARTS) is 1. The summed E-state index contributed by atoms with van der Waals surface area (Å²) >= 11 is 0. The molecule has 2 amide bonds. The van der Waals surface area contributed by atoms with Crippen LogP contribution < -0.4 is 10.6 Å². The highest BCUT2D eigenvalue weighted by atomic mass is 16.5. The number of hydrogen-bond acceptors (Lipinski definition) is 6. The van der Waals surface area contributed by atoms with Crippen LogP contribution in [0.5, 0.6) is 0 Å². The van der Waals surface area contributed by atoms with Gasteiger partial charge in [0.2, 0.25) is 11.8 Å². The maximum Gasteiger partial charge on any atom is 0.328 e. The molecule has 0 aromatic rings. The fourth-order valence-corrected chi connectivity index (χ4v) is 5.47. The molecule has 2 atom stereocenters. The van der Waals surface area contributed by atoms with Crippen LogP contribution in [0.4, 0.5) is 0 Å². The molecule has 0 fully saturated rings. The quantitative estimate of drug-likeness (QED) is 0.0278. The SMILES string of the molecule is CC/C=C\C/C=C\C/C=C\C/C=C\C/C=C\C(CCCCC(=O)NCC(=O)NC(CO)C(=O)O)OC(=O)CCCCCCCC/C=C\C/C=C\C/C=C\C/C=C\CC. The van der Waals surface area contributed by atoms with Gasteiger partial charge in [-0.3, -0.25) is 14.4 Å². The first kappa shape index (κ1) is 53.5. The van der Waals surface area contributed by atoms with E-state index in [2.05, 4.69) is 122 Å². The van der Waals surface area contributed by atoms with Crippen LogP contribution in [0.25, 0.3) is 0 Å². The number of amides is 2. The summed E-state index contributed by atoms with van der Waals surface area (Å²) in [7, 11) is 0. The molecule has 0 saturated carbocycles. The Kier molecular flexibility index (Phi) is 38.8. The predicted molar refractivity (Wildman–Crippen MR) is 240 cm³/mol. The van der Waals surface area contributed by atoms with Crippen LogP contribution in [-0.4, -0.2) is 59.3 Å². The third-order valence-electron chi connectivity index (χ3n) is 8.75. The van der Waals surface area contributed by atoms with Gasteiger partial charge in [0.25, 0.3) is 0 Å². The summed E-state index contributed by atoms with van der Waals surface area (Å²) in [6.07, 6.45) is 56.9. The zero-order chi connectivity index (χ0) is 42.6. The summed E-state index contributed by atoms with van der Waals surface area (Å²) < 4.78 is 5.84. The van der Waals surface area contributed by atoms with Crippen molar-refractivity contribution in [2.75, 3.05) is 13.2 Å². The molecular weight excluding hydrogens is 729 g/mol. The topological polar surface area (TPSA) is 142 Å². The monoisotopic (exact) mass is 805 g/mol. The normalized spacial score (nSPS) is 13.6. The number of aliphatic carboxylic acids is 1. The number of hydrogen-bond donors (Lipinski definition) is 4. The van der Waals surface area contributed by atoms with Crippen LogP contribution in [0, 0.1) is 0 Å². The Morgan fingerprint density at radius 1 is 0.534 bits per heavy atom. The number of allylic oxidation sites excluding steroid dienone is 17. The Bertz CT molecular complexity index is 1340. The second-order valence-corrected chi connectivity index (χ2v) is 14.0. The maximum atomic E-state index is 12.8. The minimum absolute atomic E-state index is 0.172. The van der Waals surface area contributed by atoms with E-state index in [0.717, 1.165) is 89.9 Å². The molecule has 0 aliphatic heterocycles. The first-order chi connectivity index (χ1) is 28.3. The molecule has 0 aromatic heterocycles. The molecule has 0 aliphatic carbocycles. The lowest BCUT2D eigenvalue weighted by Crippen LogP contribution is -2.47. The van der Waals surface area contributed by atoms with Crippen LogP contribution in [0.15, 0.2) is 109 Å². The van der Waals surface area contributed by atoms with E-state index in [9.17, 15) is 19.2 Å². The van der Waals surface area contributed by atoms with Crippen molar-refractivity contribution >= 4 is 23.8 Å². The molecule has 0 aliphatic rings. The summed E-state index contributed by atoms with van der Waals surface area (Å²) in [4.78, 5) is 47.9. The molecule has 9 heteroatoms. The van der Waals surface area contributed by atoms with Gasteiger partial charge in [-0.1, -0.05) is 143 Å². The molecule has 4 N–H and O–H groups in total. The third-order valence-corrected chi connectivity index (χ3v) is 8.75. The van der Waals surface area contributed by atoms with Gasteiger partial charge < -0.3 is 25.6 Å². The highest BCUT2D eigenvalue weighted by Crippen LogP contribution is 2.14. The van der Waals surface area contributed by atoms with E-state index in [1.165, 1.54) is 12.8 Å². The van der Waals surface area contributed by atoms with Crippen LogP contribution in [0.1, 0.15) is 149 Å². The molecule has 0 bridgehead atoms. The first-order valence-electron chi connectivity index (χ1n) is 21.8. The van der Waals surface area contributed by atoms with Crippen LogP contribution in [0.2, 0.25) is 0 Å². The number of esters is 1. The number of carbonyl (C=O) groups excluding carboxylic acids is 3. The zero-order valence-electron chi connectivity index (χ0n) is 35.7. The fourth-order valence-electron chi connectivity index (χ4n) is 5.47. The van der Waals surface area contributed by atoms with Gasteiger partial charge >= 0.3 is 11.9 Å². The molecule has 0 heterocycles. The number of unbranched alkanes of at least 4 members (excludes halogenated alkanes) is 7. The fraction of sp³-hybridized carbons (Fsp3) is 0.551. The first-order valence-corrected chi connectivity index (χ1v) is 21.8. The zero-order valence-corrected chi connectivity index (χ0v) is 35.7. The van der Waals surface area contributed by atoms with E-state index in [0.29, 0.717) is 25.7 Å². The second-order valence-electron chi connectivity index (χ2n) is 14.0. The average Bonchev–Trinajstić information content (AvgIpc) is 3.21. The Balaban J connectivity index is 4.56. The highest BCUT2D eigenvalue weighted by Gasteiger charge is 2.19. The minimum atomic E-state index is -1.42. The Hall–Kier alpha value is -4.50. The third kappa shape index (κ3) is 38.4. The Labute approximate surface area is 350 Å². The molecule has 9 nitrogen and oxygen atoms in total. The summed E-state index contributed by atoms with van der Waals surface area (Å²) in [6, 6.07) is -1.42. The lowest BCUT2D eigenvalue weighted by Gasteiger charge is -2.15. The second kappa shape index (κ2) is 42.1. The van der Waals surface area contributed by atoms with E-state index < -0.39 is 30.6 Å². The van der Waals surface area contributed by atoms with Gasteiger partial charge in [0.15, 0.2) is 0 Å². The van der Waals surface area contributed by atoms with E-state index in [4.69, 9.17) is 14.9 Å². The van der Waals surface area contributed by atoms with Gasteiger partial charge in [-0.15, -0.1) is 0 Å². The van der Waals surface area contributed by atoms with Crippen molar-refractivity contribution in [3.8, 4) is 0 Å². The average molecular weight is 805 g/mol. The summed E-state index contributed by atoms with van der Waals surface area (Å²) in [6.45, 7) is 3.15. The van der Waals surface area contributed by atoms with Gasteiger partial charge in [0.05, 0.1) is 13.2 Å². The summed E-state index contributed by atoms with van der Waals surface area (Å²) in [5.74, 6) is -2.61. The number of nitrogens with one attached hydrogen (secondary N) is 2. The van der Waals surface area contributed by atoms with E-state index >= 15 is 0 Å². The van der Waals surface area contributed by atoms with Crippen molar-refractivity contribution in [1.29, 1.82) is 0 Å². The lowest BCUT2D eigenvalue weighted by molar-refractivity contribution is -0.147. The number of ether oxygens (including phenoxy) is 1. The van der Waals surface area contributed by atoms with Gasteiger partial charge in [-0.05, 0) is 102 Å². The molecule has 0 rings (SSSR count). The smallest absolute Gasteiger partial charge is 0.328 e. The van der Waals surface area contributed by atoms with E-state index in [1.54, 1.807) is 0 Å². The van der Waals surface area contributed by atoms with Gasteiger partial charge in [-0.25, -0.2) is 4.79 Å². The number of rotatable bonds is 37. The van der Waals surface area contributed by atoms with Gasteiger partial charge in [0, 0.05) is 12.8 Å². The predicted octanol–water partition coefficient (Wildman–Crippen LogP) is 10.8. The van der Waals surface area contributed by atoms with E-state index in [-0.39, 0.29) is 24.8 Å². The number of carboxylic acids is 1.